The number of anilines is 1. The fourth-order valence-electron chi connectivity index (χ4n) is 3.32. The number of hydrogen-bond acceptors (Lipinski definition) is 4. The van der Waals surface area contributed by atoms with Crippen LogP contribution >= 0.6 is 0 Å². The highest BCUT2D eigenvalue weighted by molar-refractivity contribution is 5.44. The minimum atomic E-state index is 0.203. The zero-order valence-corrected chi connectivity index (χ0v) is 12.0. The van der Waals surface area contributed by atoms with Crippen LogP contribution in [0.3, 0.4) is 0 Å². The second-order valence-electron chi connectivity index (χ2n) is 5.92. The molecule has 0 amide bonds. The number of benzene rings is 1. The molecule has 1 atom stereocenters. The quantitative estimate of drug-likeness (QED) is 0.873. The van der Waals surface area contributed by atoms with Gasteiger partial charge in [0.25, 0.3) is 0 Å². The summed E-state index contributed by atoms with van der Waals surface area (Å²) in [5.41, 5.74) is 9.71. The first kappa shape index (κ1) is 12.6. The smallest absolute Gasteiger partial charge is 0.137 e. The van der Waals surface area contributed by atoms with Gasteiger partial charge in [-0.2, -0.15) is 0 Å². The van der Waals surface area contributed by atoms with Gasteiger partial charge in [-0.15, -0.1) is 0 Å². The Labute approximate surface area is 124 Å². The molecule has 4 nitrogen and oxygen atoms in total. The van der Waals surface area contributed by atoms with E-state index in [0.717, 1.165) is 36.5 Å². The van der Waals surface area contributed by atoms with Gasteiger partial charge in [-0.25, -0.2) is 9.97 Å². The summed E-state index contributed by atoms with van der Waals surface area (Å²) >= 11 is 0. The Bertz CT molecular complexity index is 684. The normalized spacial score (nSPS) is 20.3. The number of nitrogen functional groups attached to an aromatic ring is 1. The summed E-state index contributed by atoms with van der Waals surface area (Å²) in [5, 5.41) is 0. The average molecular weight is 281 g/mol. The van der Waals surface area contributed by atoms with E-state index in [1.807, 2.05) is 18.2 Å². The van der Waals surface area contributed by atoms with Crippen molar-refractivity contribution >= 4 is 5.82 Å². The van der Waals surface area contributed by atoms with E-state index in [0.29, 0.717) is 12.4 Å². The predicted octanol–water partition coefficient (Wildman–Crippen LogP) is 2.66. The molecule has 0 radical (unpaired) electrons. The SMILES string of the molecule is Nc1nc(C2COc3ccccc3C2)nc2c1CCCC2. The minimum Gasteiger partial charge on any atom is -0.493 e. The van der Waals surface area contributed by atoms with Crippen molar-refractivity contribution in [1.82, 2.24) is 9.97 Å². The Balaban J connectivity index is 1.67. The van der Waals surface area contributed by atoms with E-state index in [-0.39, 0.29) is 5.92 Å². The fraction of sp³-hybridized carbons (Fsp3) is 0.412. The molecule has 108 valence electrons. The molecule has 4 heteroatoms. The molecule has 1 unspecified atom stereocenters. The first-order valence-corrected chi connectivity index (χ1v) is 7.67. The number of hydrogen-bond donors (Lipinski definition) is 1. The van der Waals surface area contributed by atoms with E-state index in [1.54, 1.807) is 0 Å². The van der Waals surface area contributed by atoms with Gasteiger partial charge in [-0.1, -0.05) is 18.2 Å². The predicted molar refractivity (Wildman–Crippen MR) is 81.5 cm³/mol. The molecule has 2 aliphatic rings. The summed E-state index contributed by atoms with van der Waals surface area (Å²) in [7, 11) is 0. The topological polar surface area (TPSA) is 61.0 Å². The summed E-state index contributed by atoms with van der Waals surface area (Å²) in [6.07, 6.45) is 5.37. The Morgan fingerprint density at radius 3 is 2.90 bits per heavy atom. The van der Waals surface area contributed by atoms with Crippen molar-refractivity contribution < 1.29 is 4.74 Å². The third kappa shape index (κ3) is 2.24. The molecule has 4 rings (SSSR count). The molecule has 0 saturated heterocycles. The maximum absolute atomic E-state index is 6.15. The maximum Gasteiger partial charge on any atom is 0.137 e. The maximum atomic E-state index is 6.15. The molecule has 1 aromatic carbocycles. The molecule has 0 fully saturated rings. The van der Waals surface area contributed by atoms with Crippen molar-refractivity contribution in [3.8, 4) is 5.75 Å². The Kier molecular flexibility index (Phi) is 3.02. The van der Waals surface area contributed by atoms with Crippen molar-refractivity contribution in [3.63, 3.8) is 0 Å². The molecular weight excluding hydrogens is 262 g/mol. The van der Waals surface area contributed by atoms with Gasteiger partial charge in [0.05, 0.1) is 12.5 Å². The van der Waals surface area contributed by atoms with Gasteiger partial charge in [0.1, 0.15) is 17.4 Å². The Morgan fingerprint density at radius 1 is 1.10 bits per heavy atom. The molecular formula is C17H19N3O. The van der Waals surface area contributed by atoms with Gasteiger partial charge in [-0.05, 0) is 43.7 Å². The summed E-state index contributed by atoms with van der Waals surface area (Å²) in [6, 6.07) is 8.19. The molecule has 0 bridgehead atoms. The van der Waals surface area contributed by atoms with E-state index in [2.05, 4.69) is 11.1 Å². The lowest BCUT2D eigenvalue weighted by molar-refractivity contribution is 0.257. The summed E-state index contributed by atoms with van der Waals surface area (Å²) in [6.45, 7) is 0.634. The second-order valence-corrected chi connectivity index (χ2v) is 5.92. The number of fused-ring (bicyclic) bond motifs is 2. The van der Waals surface area contributed by atoms with Gasteiger partial charge < -0.3 is 10.5 Å². The number of rotatable bonds is 1. The summed E-state index contributed by atoms with van der Waals surface area (Å²) in [4.78, 5) is 9.37. The lowest BCUT2D eigenvalue weighted by atomic mass is 9.93. The van der Waals surface area contributed by atoms with Crippen molar-refractivity contribution in [2.75, 3.05) is 12.3 Å². The van der Waals surface area contributed by atoms with Crippen LogP contribution in [0.25, 0.3) is 0 Å². The lowest BCUT2D eigenvalue weighted by Gasteiger charge is -2.26. The molecule has 2 N–H and O–H groups in total. The molecule has 2 heterocycles. The van der Waals surface area contributed by atoms with Crippen LogP contribution in [0.15, 0.2) is 24.3 Å². The first-order chi connectivity index (χ1) is 10.3. The third-order valence-electron chi connectivity index (χ3n) is 4.48. The van der Waals surface area contributed by atoms with Crippen LogP contribution in [0.2, 0.25) is 0 Å². The number of nitrogens with zero attached hydrogens (tertiary/aromatic N) is 2. The van der Waals surface area contributed by atoms with Crippen LogP contribution in [0.1, 0.15) is 41.4 Å². The molecule has 1 aliphatic carbocycles. The second kappa shape index (κ2) is 5.02. The zero-order chi connectivity index (χ0) is 14.2. The lowest BCUT2D eigenvalue weighted by Crippen LogP contribution is -2.23. The van der Waals surface area contributed by atoms with Crippen LogP contribution in [-0.2, 0) is 19.3 Å². The number of ether oxygens (including phenoxy) is 1. The van der Waals surface area contributed by atoms with E-state index >= 15 is 0 Å². The Morgan fingerprint density at radius 2 is 1.95 bits per heavy atom. The highest BCUT2D eigenvalue weighted by Crippen LogP contribution is 2.32. The zero-order valence-electron chi connectivity index (χ0n) is 12.0. The van der Waals surface area contributed by atoms with Crippen molar-refractivity contribution in [3.05, 3.63) is 46.9 Å². The number of para-hydroxylation sites is 1. The van der Waals surface area contributed by atoms with Crippen molar-refractivity contribution in [1.29, 1.82) is 0 Å². The minimum absolute atomic E-state index is 0.203. The van der Waals surface area contributed by atoms with Crippen molar-refractivity contribution in [2.24, 2.45) is 0 Å². The van der Waals surface area contributed by atoms with E-state index in [1.165, 1.54) is 24.0 Å². The number of nitrogens with two attached hydrogens (primary N) is 1. The van der Waals surface area contributed by atoms with Gasteiger partial charge in [-0.3, -0.25) is 0 Å². The highest BCUT2D eigenvalue weighted by atomic mass is 16.5. The van der Waals surface area contributed by atoms with Crippen LogP contribution in [-0.4, -0.2) is 16.6 Å². The van der Waals surface area contributed by atoms with Crippen LogP contribution in [0.4, 0.5) is 5.82 Å². The molecule has 21 heavy (non-hydrogen) atoms. The number of aromatic nitrogens is 2. The standard InChI is InChI=1S/C17H19N3O/c18-16-13-6-2-3-7-14(13)19-17(20-16)12-9-11-5-1-4-8-15(11)21-10-12/h1,4-5,8,12H,2-3,6-7,9-10H2,(H2,18,19,20). The monoisotopic (exact) mass is 281 g/mol. The van der Waals surface area contributed by atoms with E-state index < -0.39 is 0 Å². The molecule has 2 aromatic rings. The van der Waals surface area contributed by atoms with Gasteiger partial charge >= 0.3 is 0 Å². The Hall–Kier alpha value is -2.10. The van der Waals surface area contributed by atoms with Gasteiger partial charge in [0.2, 0.25) is 0 Å². The van der Waals surface area contributed by atoms with Crippen molar-refractivity contribution in [2.45, 2.75) is 38.0 Å². The molecule has 0 spiro atoms. The number of aryl methyl sites for hydroxylation is 1. The van der Waals surface area contributed by atoms with Crippen LogP contribution in [0, 0.1) is 0 Å². The van der Waals surface area contributed by atoms with E-state index in [4.69, 9.17) is 15.5 Å². The van der Waals surface area contributed by atoms with Gasteiger partial charge in [0, 0.05) is 11.3 Å². The molecule has 0 saturated carbocycles. The highest BCUT2D eigenvalue weighted by Gasteiger charge is 2.25. The summed E-state index contributed by atoms with van der Waals surface area (Å²) < 4.78 is 5.85. The van der Waals surface area contributed by atoms with Gasteiger partial charge in [0.15, 0.2) is 0 Å². The largest absolute Gasteiger partial charge is 0.493 e. The van der Waals surface area contributed by atoms with Crippen LogP contribution in [0.5, 0.6) is 5.75 Å². The van der Waals surface area contributed by atoms with Crippen LogP contribution < -0.4 is 10.5 Å². The fourth-order valence-corrected chi connectivity index (χ4v) is 3.32. The molecule has 1 aliphatic heterocycles. The summed E-state index contributed by atoms with van der Waals surface area (Å²) in [5.74, 6) is 2.71. The first-order valence-electron chi connectivity index (χ1n) is 7.67. The third-order valence-corrected chi connectivity index (χ3v) is 4.48. The van der Waals surface area contributed by atoms with E-state index in [9.17, 15) is 0 Å². The molecule has 1 aromatic heterocycles. The average Bonchev–Trinajstić information content (AvgIpc) is 2.54.